The third-order valence-corrected chi connectivity index (χ3v) is 3.40. The van der Waals surface area contributed by atoms with E-state index in [4.69, 9.17) is 16.6 Å². The first-order valence-corrected chi connectivity index (χ1v) is 6.02. The number of aliphatic carboxylic acids is 1. The highest BCUT2D eigenvalue weighted by atomic mass is 32.2. The Morgan fingerprint density at radius 1 is 1.06 bits per heavy atom. The molecule has 0 aliphatic carbocycles. The molecule has 0 aliphatic heterocycles. The lowest BCUT2D eigenvalue weighted by atomic mass is 10.5. The summed E-state index contributed by atoms with van der Waals surface area (Å²) in [6.07, 6.45) is -0.643. The van der Waals surface area contributed by atoms with E-state index in [-0.39, 0.29) is 0 Å². The van der Waals surface area contributed by atoms with Gasteiger partial charge < -0.3 is 16.6 Å². The summed E-state index contributed by atoms with van der Waals surface area (Å²) in [5, 5.41) is 8.36. The van der Waals surface area contributed by atoms with Gasteiger partial charge in [0.15, 0.2) is 0 Å². The number of sulfonamides is 1. The minimum atomic E-state index is -4.06. The Hall–Kier alpha value is -1.68. The number of carboxylic acid groups (broad SMARTS) is 1. The van der Waals surface area contributed by atoms with Crippen molar-refractivity contribution in [3.8, 4) is 0 Å². The molecule has 98 valence electrons. The zero-order valence-corrected chi connectivity index (χ0v) is 9.64. The van der Waals surface area contributed by atoms with Crippen LogP contribution in [0.3, 0.4) is 0 Å². The third kappa shape index (κ3) is 6.48. The fourth-order valence-corrected chi connectivity index (χ4v) is 2.28. The first-order chi connectivity index (χ1) is 7.65. The van der Waals surface area contributed by atoms with Crippen LogP contribution in [0, 0.1) is 0 Å². The molecule has 0 spiro atoms. The van der Waals surface area contributed by atoms with Crippen LogP contribution in [-0.4, -0.2) is 54.5 Å². The largest absolute Gasteiger partial charge is 0.481 e. The van der Waals surface area contributed by atoms with E-state index < -0.39 is 53.1 Å². The summed E-state index contributed by atoms with van der Waals surface area (Å²) in [6.45, 7) is -1.43. The van der Waals surface area contributed by atoms with Crippen LogP contribution in [0.5, 0.6) is 0 Å². The summed E-state index contributed by atoms with van der Waals surface area (Å²) in [5.74, 6) is -3.98. The molecule has 2 amide bonds. The number of carbonyl (C=O) groups excluding carboxylic acids is 2. The number of nitrogens with zero attached hydrogens (tertiary/aromatic N) is 1. The van der Waals surface area contributed by atoms with E-state index in [0.29, 0.717) is 4.31 Å². The Labute approximate surface area is 97.4 Å². The first-order valence-electron chi connectivity index (χ1n) is 4.41. The molecule has 10 heteroatoms. The average molecular weight is 267 g/mol. The molecule has 0 saturated carbocycles. The number of rotatable bonds is 8. The Morgan fingerprint density at radius 2 is 1.47 bits per heavy atom. The monoisotopic (exact) mass is 267 g/mol. The molecule has 0 aromatic heterocycles. The minimum Gasteiger partial charge on any atom is -0.481 e. The minimum absolute atomic E-state index is 0.459. The van der Waals surface area contributed by atoms with Gasteiger partial charge in [-0.25, -0.2) is 8.42 Å². The van der Waals surface area contributed by atoms with Gasteiger partial charge in [0, 0.05) is 0 Å². The van der Waals surface area contributed by atoms with E-state index in [1.54, 1.807) is 0 Å². The molecule has 0 bridgehead atoms. The second kappa shape index (κ2) is 6.15. The molecular weight excluding hydrogens is 254 g/mol. The van der Waals surface area contributed by atoms with Gasteiger partial charge in [-0.15, -0.1) is 0 Å². The van der Waals surface area contributed by atoms with Crippen molar-refractivity contribution in [3.63, 3.8) is 0 Å². The SMILES string of the molecule is NC(=O)CN(CC(N)=O)S(=O)(=O)CCC(=O)O. The van der Waals surface area contributed by atoms with E-state index in [9.17, 15) is 22.8 Å². The van der Waals surface area contributed by atoms with Gasteiger partial charge >= 0.3 is 5.97 Å². The normalized spacial score (nSPS) is 11.4. The Bertz CT molecular complexity index is 401. The predicted molar refractivity (Wildman–Crippen MR) is 56.0 cm³/mol. The molecule has 0 saturated heterocycles. The number of carboxylic acids is 1. The van der Waals surface area contributed by atoms with Crippen LogP contribution < -0.4 is 11.5 Å². The maximum atomic E-state index is 11.6. The summed E-state index contributed by atoms with van der Waals surface area (Å²) in [7, 11) is -4.06. The fourth-order valence-electron chi connectivity index (χ4n) is 0.946. The van der Waals surface area contributed by atoms with Crippen molar-refractivity contribution in [3.05, 3.63) is 0 Å². The number of primary amides is 2. The van der Waals surface area contributed by atoms with Crippen LogP contribution in [0.2, 0.25) is 0 Å². The number of hydrogen-bond donors (Lipinski definition) is 3. The Balaban J connectivity index is 4.81. The molecular formula is C7H13N3O6S. The molecule has 0 radical (unpaired) electrons. The molecule has 0 atom stereocenters. The zero-order valence-electron chi connectivity index (χ0n) is 8.83. The highest BCUT2D eigenvalue weighted by molar-refractivity contribution is 7.89. The smallest absolute Gasteiger partial charge is 0.304 e. The number of carbonyl (C=O) groups is 3. The predicted octanol–water partition coefficient (Wildman–Crippen LogP) is -2.94. The molecule has 0 rings (SSSR count). The Kier molecular flexibility index (Phi) is 5.55. The molecule has 9 nitrogen and oxygen atoms in total. The molecule has 0 unspecified atom stereocenters. The average Bonchev–Trinajstić information content (AvgIpc) is 2.12. The van der Waals surface area contributed by atoms with Gasteiger partial charge in [-0.3, -0.25) is 14.4 Å². The fraction of sp³-hybridized carbons (Fsp3) is 0.571. The summed E-state index contributed by atoms with van der Waals surface area (Å²) in [4.78, 5) is 31.5. The lowest BCUT2D eigenvalue weighted by molar-refractivity contribution is -0.136. The summed E-state index contributed by atoms with van der Waals surface area (Å²) in [5.41, 5.74) is 9.62. The molecule has 0 aromatic rings. The molecule has 5 N–H and O–H groups in total. The molecule has 0 heterocycles. The van der Waals surface area contributed by atoms with Crippen molar-refractivity contribution in [2.75, 3.05) is 18.8 Å². The van der Waals surface area contributed by atoms with Gasteiger partial charge in [-0.05, 0) is 0 Å². The highest BCUT2D eigenvalue weighted by Gasteiger charge is 2.25. The second-order valence-corrected chi connectivity index (χ2v) is 5.25. The van der Waals surface area contributed by atoms with Gasteiger partial charge in [-0.2, -0.15) is 4.31 Å². The summed E-state index contributed by atoms with van der Waals surface area (Å²) in [6, 6.07) is 0. The molecule has 17 heavy (non-hydrogen) atoms. The van der Waals surface area contributed by atoms with Gasteiger partial charge in [0.05, 0.1) is 25.3 Å². The van der Waals surface area contributed by atoms with E-state index in [1.807, 2.05) is 0 Å². The molecule has 0 fully saturated rings. The first kappa shape index (κ1) is 15.3. The third-order valence-electron chi connectivity index (χ3n) is 1.63. The van der Waals surface area contributed by atoms with E-state index in [2.05, 4.69) is 0 Å². The van der Waals surface area contributed by atoms with Crippen molar-refractivity contribution in [1.29, 1.82) is 0 Å². The van der Waals surface area contributed by atoms with E-state index in [0.717, 1.165) is 0 Å². The Morgan fingerprint density at radius 3 is 1.76 bits per heavy atom. The molecule has 0 aliphatic rings. The number of nitrogens with two attached hydrogens (primary N) is 2. The van der Waals surface area contributed by atoms with Crippen LogP contribution >= 0.6 is 0 Å². The second-order valence-electron chi connectivity index (χ2n) is 3.16. The topological polar surface area (TPSA) is 161 Å². The van der Waals surface area contributed by atoms with E-state index >= 15 is 0 Å². The van der Waals surface area contributed by atoms with Crippen molar-refractivity contribution in [2.45, 2.75) is 6.42 Å². The van der Waals surface area contributed by atoms with Gasteiger partial charge in [0.1, 0.15) is 0 Å². The van der Waals surface area contributed by atoms with E-state index in [1.165, 1.54) is 0 Å². The standard InChI is InChI=1S/C7H13N3O6S/c8-5(11)3-10(4-6(9)12)17(15,16)2-1-7(13)14/h1-4H2,(H2,8,11)(H2,9,12)(H,13,14). The zero-order chi connectivity index (χ0) is 13.6. The molecule has 0 aromatic carbocycles. The number of amides is 2. The van der Waals surface area contributed by atoms with Gasteiger partial charge in [0.25, 0.3) is 0 Å². The van der Waals surface area contributed by atoms with Crippen molar-refractivity contribution in [1.82, 2.24) is 4.31 Å². The lowest BCUT2D eigenvalue weighted by Gasteiger charge is -2.18. The van der Waals surface area contributed by atoms with Crippen LogP contribution in [-0.2, 0) is 24.4 Å². The van der Waals surface area contributed by atoms with Crippen LogP contribution in [0.15, 0.2) is 0 Å². The van der Waals surface area contributed by atoms with Crippen LogP contribution in [0.1, 0.15) is 6.42 Å². The van der Waals surface area contributed by atoms with Crippen molar-refractivity contribution >= 4 is 27.8 Å². The van der Waals surface area contributed by atoms with Crippen LogP contribution in [0.4, 0.5) is 0 Å². The maximum Gasteiger partial charge on any atom is 0.304 e. The van der Waals surface area contributed by atoms with Crippen molar-refractivity contribution < 1.29 is 27.9 Å². The van der Waals surface area contributed by atoms with Crippen molar-refractivity contribution in [2.24, 2.45) is 11.5 Å². The van der Waals surface area contributed by atoms with Crippen LogP contribution in [0.25, 0.3) is 0 Å². The quantitative estimate of drug-likeness (QED) is 0.426. The lowest BCUT2D eigenvalue weighted by Crippen LogP contribution is -2.44. The summed E-state index contributed by atoms with van der Waals surface area (Å²) < 4.78 is 23.6. The van der Waals surface area contributed by atoms with Gasteiger partial charge in [0.2, 0.25) is 21.8 Å². The maximum absolute atomic E-state index is 11.6. The number of hydrogen-bond acceptors (Lipinski definition) is 5. The highest BCUT2D eigenvalue weighted by Crippen LogP contribution is 2.02. The summed E-state index contributed by atoms with van der Waals surface area (Å²) >= 11 is 0. The van der Waals surface area contributed by atoms with Gasteiger partial charge in [-0.1, -0.05) is 0 Å².